The second-order valence-electron chi connectivity index (χ2n) is 5.16. The normalized spacial score (nSPS) is 14.3. The maximum atomic E-state index is 9.46. The van der Waals surface area contributed by atoms with Gasteiger partial charge in [0.25, 0.3) is 0 Å². The molecular weight excluding hydrogens is 264 g/mol. The number of aromatic nitrogens is 1. The van der Waals surface area contributed by atoms with Crippen LogP contribution in [0.15, 0.2) is 36.4 Å². The standard InChI is InChI=1S/C17H20N2O2/c1-2-14-10-13(12-20)11-17(18-14)19-8-5-9-21-16-7-4-3-6-15(16)19/h3-4,6-7,10-11,20H,2,5,8-9,12H2,1H3. The van der Waals surface area contributed by atoms with Gasteiger partial charge >= 0.3 is 0 Å². The maximum absolute atomic E-state index is 9.46. The van der Waals surface area contributed by atoms with Crippen LogP contribution in [0.4, 0.5) is 11.5 Å². The predicted octanol–water partition coefficient (Wildman–Crippen LogP) is 3.06. The molecule has 4 heteroatoms. The molecule has 1 aromatic carbocycles. The van der Waals surface area contributed by atoms with Crippen molar-refractivity contribution in [1.29, 1.82) is 0 Å². The van der Waals surface area contributed by atoms with E-state index < -0.39 is 0 Å². The fourth-order valence-electron chi connectivity index (χ4n) is 2.61. The Bertz CT molecular complexity index is 606. The number of hydrogen-bond acceptors (Lipinski definition) is 4. The Morgan fingerprint density at radius 3 is 2.95 bits per heavy atom. The summed E-state index contributed by atoms with van der Waals surface area (Å²) in [5, 5.41) is 9.46. The molecule has 2 aromatic rings. The van der Waals surface area contributed by atoms with Crippen molar-refractivity contribution < 1.29 is 9.84 Å². The number of anilines is 2. The number of ether oxygens (including phenoxy) is 1. The zero-order chi connectivity index (χ0) is 14.7. The highest BCUT2D eigenvalue weighted by Crippen LogP contribution is 2.35. The van der Waals surface area contributed by atoms with Gasteiger partial charge in [-0.15, -0.1) is 0 Å². The summed E-state index contributed by atoms with van der Waals surface area (Å²) in [4.78, 5) is 6.90. The van der Waals surface area contributed by atoms with E-state index in [4.69, 9.17) is 9.72 Å². The van der Waals surface area contributed by atoms with Gasteiger partial charge in [0.05, 0.1) is 18.9 Å². The summed E-state index contributed by atoms with van der Waals surface area (Å²) in [5.74, 6) is 1.78. The second-order valence-corrected chi connectivity index (χ2v) is 5.16. The van der Waals surface area contributed by atoms with Crippen LogP contribution >= 0.6 is 0 Å². The van der Waals surface area contributed by atoms with E-state index in [1.807, 2.05) is 30.3 Å². The number of aryl methyl sites for hydroxylation is 1. The van der Waals surface area contributed by atoms with Gasteiger partial charge in [-0.1, -0.05) is 19.1 Å². The summed E-state index contributed by atoms with van der Waals surface area (Å²) < 4.78 is 5.79. The van der Waals surface area contributed by atoms with Crippen LogP contribution in [0, 0.1) is 0 Å². The van der Waals surface area contributed by atoms with E-state index in [0.717, 1.165) is 47.9 Å². The van der Waals surface area contributed by atoms with E-state index in [-0.39, 0.29) is 6.61 Å². The SMILES string of the molecule is CCc1cc(CO)cc(N2CCCOc3ccccc32)n1. The van der Waals surface area contributed by atoms with Crippen LogP contribution in [0.2, 0.25) is 0 Å². The van der Waals surface area contributed by atoms with Crippen molar-refractivity contribution in [3.8, 4) is 5.75 Å². The Morgan fingerprint density at radius 2 is 2.14 bits per heavy atom. The zero-order valence-corrected chi connectivity index (χ0v) is 12.2. The Balaban J connectivity index is 2.07. The summed E-state index contributed by atoms with van der Waals surface area (Å²) in [6.45, 7) is 3.69. The lowest BCUT2D eigenvalue weighted by atomic mass is 10.2. The molecule has 1 N–H and O–H groups in total. The molecule has 21 heavy (non-hydrogen) atoms. The summed E-state index contributed by atoms with van der Waals surface area (Å²) in [6.07, 6.45) is 1.80. The third kappa shape index (κ3) is 2.85. The van der Waals surface area contributed by atoms with E-state index in [9.17, 15) is 5.11 Å². The highest BCUT2D eigenvalue weighted by Gasteiger charge is 2.19. The van der Waals surface area contributed by atoms with Gasteiger partial charge in [0.15, 0.2) is 0 Å². The number of nitrogens with zero attached hydrogens (tertiary/aromatic N) is 2. The molecule has 2 heterocycles. The molecule has 0 amide bonds. The number of para-hydroxylation sites is 2. The minimum Gasteiger partial charge on any atom is -0.491 e. The maximum Gasteiger partial charge on any atom is 0.142 e. The number of aliphatic hydroxyl groups is 1. The van der Waals surface area contributed by atoms with Crippen molar-refractivity contribution in [2.24, 2.45) is 0 Å². The van der Waals surface area contributed by atoms with Crippen LogP contribution in [-0.2, 0) is 13.0 Å². The quantitative estimate of drug-likeness (QED) is 0.941. The highest BCUT2D eigenvalue weighted by molar-refractivity contribution is 5.68. The minimum atomic E-state index is 0.0362. The molecule has 3 rings (SSSR count). The molecule has 1 aliphatic heterocycles. The molecule has 0 spiro atoms. The van der Waals surface area contributed by atoms with Crippen LogP contribution in [-0.4, -0.2) is 23.2 Å². The first-order chi connectivity index (χ1) is 10.3. The second kappa shape index (κ2) is 6.14. The van der Waals surface area contributed by atoms with Crippen molar-refractivity contribution in [1.82, 2.24) is 4.98 Å². The van der Waals surface area contributed by atoms with Crippen molar-refractivity contribution in [2.45, 2.75) is 26.4 Å². The van der Waals surface area contributed by atoms with Crippen LogP contribution in [0.5, 0.6) is 5.75 Å². The van der Waals surface area contributed by atoms with Gasteiger partial charge in [0.1, 0.15) is 11.6 Å². The molecular formula is C17H20N2O2. The Morgan fingerprint density at radius 1 is 1.29 bits per heavy atom. The number of fused-ring (bicyclic) bond motifs is 1. The molecule has 4 nitrogen and oxygen atoms in total. The van der Waals surface area contributed by atoms with E-state index in [1.54, 1.807) is 0 Å². The number of benzene rings is 1. The molecule has 0 radical (unpaired) electrons. The molecule has 110 valence electrons. The van der Waals surface area contributed by atoms with Gasteiger partial charge in [-0.05, 0) is 42.7 Å². The van der Waals surface area contributed by atoms with Crippen LogP contribution in [0.25, 0.3) is 0 Å². The van der Waals surface area contributed by atoms with Gasteiger partial charge in [-0.25, -0.2) is 4.98 Å². The number of rotatable bonds is 3. The van der Waals surface area contributed by atoms with Gasteiger partial charge in [0, 0.05) is 12.2 Å². The fraction of sp³-hybridized carbons (Fsp3) is 0.353. The fourth-order valence-corrected chi connectivity index (χ4v) is 2.61. The first kappa shape index (κ1) is 13.9. The molecule has 0 aliphatic carbocycles. The van der Waals surface area contributed by atoms with Crippen molar-refractivity contribution >= 4 is 11.5 Å². The van der Waals surface area contributed by atoms with Crippen LogP contribution < -0.4 is 9.64 Å². The van der Waals surface area contributed by atoms with E-state index >= 15 is 0 Å². The zero-order valence-electron chi connectivity index (χ0n) is 12.2. The van der Waals surface area contributed by atoms with Crippen molar-refractivity contribution in [3.63, 3.8) is 0 Å². The molecule has 0 fully saturated rings. The Labute approximate surface area is 125 Å². The third-order valence-electron chi connectivity index (χ3n) is 3.69. The molecule has 0 unspecified atom stereocenters. The first-order valence-electron chi connectivity index (χ1n) is 7.42. The average Bonchev–Trinajstić information content (AvgIpc) is 2.76. The lowest BCUT2D eigenvalue weighted by molar-refractivity contribution is 0.281. The molecule has 0 atom stereocenters. The lowest BCUT2D eigenvalue weighted by Crippen LogP contribution is -2.19. The largest absolute Gasteiger partial charge is 0.491 e. The average molecular weight is 284 g/mol. The number of aliphatic hydroxyl groups excluding tert-OH is 1. The highest BCUT2D eigenvalue weighted by atomic mass is 16.5. The Hall–Kier alpha value is -2.07. The van der Waals surface area contributed by atoms with Crippen molar-refractivity contribution in [2.75, 3.05) is 18.1 Å². The van der Waals surface area contributed by atoms with Gasteiger partial charge in [-0.2, -0.15) is 0 Å². The summed E-state index contributed by atoms with van der Waals surface area (Å²) >= 11 is 0. The number of hydrogen-bond donors (Lipinski definition) is 1. The van der Waals surface area contributed by atoms with E-state index in [0.29, 0.717) is 6.61 Å². The van der Waals surface area contributed by atoms with Crippen LogP contribution in [0.3, 0.4) is 0 Å². The molecule has 0 saturated carbocycles. The molecule has 1 aliphatic rings. The van der Waals surface area contributed by atoms with Gasteiger partial charge in [0.2, 0.25) is 0 Å². The minimum absolute atomic E-state index is 0.0362. The molecule has 1 aromatic heterocycles. The lowest BCUT2D eigenvalue weighted by Gasteiger charge is -2.23. The summed E-state index contributed by atoms with van der Waals surface area (Å²) in [5.41, 5.74) is 2.94. The van der Waals surface area contributed by atoms with Gasteiger partial charge in [-0.3, -0.25) is 0 Å². The number of pyridine rings is 1. The van der Waals surface area contributed by atoms with Crippen molar-refractivity contribution in [3.05, 3.63) is 47.7 Å². The van der Waals surface area contributed by atoms with E-state index in [1.165, 1.54) is 0 Å². The topological polar surface area (TPSA) is 45.6 Å². The summed E-state index contributed by atoms with van der Waals surface area (Å²) in [6, 6.07) is 12.0. The predicted molar refractivity (Wildman–Crippen MR) is 83.1 cm³/mol. The van der Waals surface area contributed by atoms with Crippen LogP contribution in [0.1, 0.15) is 24.6 Å². The first-order valence-corrected chi connectivity index (χ1v) is 7.42. The Kier molecular flexibility index (Phi) is 4.06. The van der Waals surface area contributed by atoms with E-state index in [2.05, 4.69) is 17.9 Å². The van der Waals surface area contributed by atoms with Gasteiger partial charge < -0.3 is 14.7 Å². The smallest absolute Gasteiger partial charge is 0.142 e. The molecule has 0 bridgehead atoms. The summed E-state index contributed by atoms with van der Waals surface area (Å²) in [7, 11) is 0. The monoisotopic (exact) mass is 284 g/mol. The third-order valence-corrected chi connectivity index (χ3v) is 3.69. The molecule has 0 saturated heterocycles.